The fraction of sp³-hybridized carbons (Fsp3) is 0.961. The van der Waals surface area contributed by atoms with Crippen molar-refractivity contribution in [3.05, 3.63) is 11.6 Å². The molecule has 0 aromatic rings. The van der Waals surface area contributed by atoms with Gasteiger partial charge in [-0.1, -0.05) is 39.3 Å². The molecule has 3 saturated carbocycles. The summed E-state index contributed by atoms with van der Waals surface area (Å²) >= 11 is 0. The van der Waals surface area contributed by atoms with Crippen molar-refractivity contribution in [1.82, 2.24) is 0 Å². The number of hydrogen-bond acceptors (Lipinski definition) is 23. The molecule has 5 saturated heterocycles. The van der Waals surface area contributed by atoms with E-state index in [0.29, 0.717) is 43.4 Å². The van der Waals surface area contributed by atoms with Crippen molar-refractivity contribution in [2.24, 2.45) is 46.3 Å². The third-order valence-corrected chi connectivity index (χ3v) is 19.5. The van der Waals surface area contributed by atoms with Gasteiger partial charge in [0.15, 0.2) is 30.9 Å². The van der Waals surface area contributed by atoms with Crippen molar-refractivity contribution in [3.8, 4) is 0 Å². The molecule has 23 heteroatoms. The number of aliphatic hydroxyl groups excluding tert-OH is 13. The molecule has 14 N–H and O–H groups in total. The lowest BCUT2D eigenvalue weighted by atomic mass is 9.47. The lowest BCUT2D eigenvalue weighted by Crippen LogP contribution is -2.67. The average molecular weight is 1070 g/mol. The maximum atomic E-state index is 12.1. The number of ether oxygens (including phenoxy) is 9. The molecule has 0 bridgehead atoms. The lowest BCUT2D eigenvalue weighted by Gasteiger charge is -2.58. The fourth-order valence-electron chi connectivity index (χ4n) is 15.0. The number of rotatable bonds is 15. The van der Waals surface area contributed by atoms with E-state index in [9.17, 15) is 71.5 Å². The van der Waals surface area contributed by atoms with E-state index in [4.69, 9.17) is 42.6 Å². The molecule has 0 radical (unpaired) electrons. The summed E-state index contributed by atoms with van der Waals surface area (Å²) in [5.74, 6) is -0.351. The minimum absolute atomic E-state index is 0.0769. The topological polar surface area (TPSA) is 366 Å². The van der Waals surface area contributed by atoms with E-state index in [1.165, 1.54) is 12.5 Å². The quantitative estimate of drug-likeness (QED) is 0.0727. The number of aliphatic hydroxyl groups is 14. The molecular weight excluding hydrogens is 981 g/mol. The second-order valence-corrected chi connectivity index (χ2v) is 23.8. The van der Waals surface area contributed by atoms with Crippen LogP contribution in [-0.2, 0) is 42.6 Å². The first-order chi connectivity index (χ1) is 35.0. The Labute approximate surface area is 430 Å². The second-order valence-electron chi connectivity index (χ2n) is 23.8. The van der Waals surface area contributed by atoms with Gasteiger partial charge in [-0.3, -0.25) is 0 Å². The Balaban J connectivity index is 0.864. The van der Waals surface area contributed by atoms with Crippen molar-refractivity contribution < 1.29 is 114 Å². The molecule has 0 spiro atoms. The zero-order valence-electron chi connectivity index (χ0n) is 42.9. The fourth-order valence-corrected chi connectivity index (χ4v) is 15.0. The predicted molar refractivity (Wildman–Crippen MR) is 250 cm³/mol. The van der Waals surface area contributed by atoms with Gasteiger partial charge >= 0.3 is 0 Å². The summed E-state index contributed by atoms with van der Waals surface area (Å²) in [4.78, 5) is 0. The molecule has 8 fully saturated rings. The van der Waals surface area contributed by atoms with Gasteiger partial charge in [0.05, 0.1) is 44.7 Å². The average Bonchev–Trinajstić information content (AvgIpc) is 3.82. The molecule has 0 aromatic heterocycles. The Hall–Kier alpha value is -1.18. The van der Waals surface area contributed by atoms with Gasteiger partial charge < -0.3 is 114 Å². The standard InChI is InChI=1S/C51H84O23/c1-20(19-66-45-40(62)38(60)34(56)29(16-52)69-45)8-13-51(65)21(2)32-28(74-51)15-27-25-7-6-23-14-24(9-11-49(23,4)26(25)10-12-50(27,32)5)68-48-44(73-46-41(63)37(59)33(55)22(3)67-46)43(36(58)31(18-54)71-48)72-47-42(64)39(61)35(57)30(17-53)70-47/h6,20-22,24-48,52-65H,7-19H2,1-5H3/t20-,21+,22+,24+,25-,26+,27+,28+,29-,30-,31-,32+,33+,34-,35-,36-,37-,38+,39+,40-,41-,42-,43+,44-,45-,46+,47+,48-,49-,50-,51+/m1/s1. The van der Waals surface area contributed by atoms with Crippen LogP contribution in [0.15, 0.2) is 11.6 Å². The summed E-state index contributed by atoms with van der Waals surface area (Å²) in [7, 11) is 0. The van der Waals surface area contributed by atoms with Gasteiger partial charge in [0, 0.05) is 12.3 Å². The summed E-state index contributed by atoms with van der Waals surface area (Å²) < 4.78 is 54.7. The summed E-state index contributed by atoms with van der Waals surface area (Å²) in [6.45, 7) is 8.33. The first-order valence-electron chi connectivity index (χ1n) is 26.9. The Bertz CT molecular complexity index is 1920. The van der Waals surface area contributed by atoms with Gasteiger partial charge in [0.2, 0.25) is 0 Å². The third-order valence-electron chi connectivity index (χ3n) is 19.5. The molecule has 31 atom stereocenters. The molecule has 5 heterocycles. The normalized spacial score (nSPS) is 54.9. The number of hydrogen-bond donors (Lipinski definition) is 14. The maximum Gasteiger partial charge on any atom is 0.187 e. The second kappa shape index (κ2) is 22.4. The molecule has 426 valence electrons. The molecule has 9 aliphatic rings. The molecule has 4 aliphatic carbocycles. The number of allylic oxidation sites excluding steroid dienone is 1. The van der Waals surface area contributed by atoms with Gasteiger partial charge in [-0.2, -0.15) is 0 Å². The Morgan fingerprint density at radius 1 is 0.635 bits per heavy atom. The van der Waals surface area contributed by atoms with Crippen LogP contribution in [0.4, 0.5) is 0 Å². The molecule has 0 unspecified atom stereocenters. The van der Waals surface area contributed by atoms with Gasteiger partial charge in [-0.25, -0.2) is 0 Å². The van der Waals surface area contributed by atoms with Gasteiger partial charge in [-0.15, -0.1) is 0 Å². The highest BCUT2D eigenvalue weighted by Crippen LogP contribution is 2.70. The minimum atomic E-state index is -1.88. The Morgan fingerprint density at radius 3 is 1.85 bits per heavy atom. The largest absolute Gasteiger partial charge is 0.394 e. The van der Waals surface area contributed by atoms with Crippen LogP contribution in [0.1, 0.15) is 92.4 Å². The van der Waals surface area contributed by atoms with Crippen LogP contribution in [-0.4, -0.2) is 239 Å². The van der Waals surface area contributed by atoms with Crippen LogP contribution in [0.3, 0.4) is 0 Å². The van der Waals surface area contributed by atoms with Gasteiger partial charge in [-0.05, 0) is 98.7 Å². The number of fused-ring (bicyclic) bond motifs is 7. The van der Waals surface area contributed by atoms with Crippen LogP contribution in [0.5, 0.6) is 0 Å². The third kappa shape index (κ3) is 10.2. The molecule has 9 rings (SSSR count). The highest BCUT2D eigenvalue weighted by atomic mass is 16.8. The Kier molecular flexibility index (Phi) is 17.4. The summed E-state index contributed by atoms with van der Waals surface area (Å²) in [6, 6.07) is 0. The van der Waals surface area contributed by atoms with Crippen molar-refractivity contribution in [2.75, 3.05) is 26.4 Å². The first kappa shape index (κ1) is 57.5. The van der Waals surface area contributed by atoms with Crippen molar-refractivity contribution >= 4 is 0 Å². The van der Waals surface area contributed by atoms with Crippen LogP contribution in [0.25, 0.3) is 0 Å². The summed E-state index contributed by atoms with van der Waals surface area (Å²) in [5, 5.41) is 149. The van der Waals surface area contributed by atoms with Crippen LogP contribution in [0, 0.1) is 46.3 Å². The first-order valence-corrected chi connectivity index (χ1v) is 26.9. The smallest absolute Gasteiger partial charge is 0.187 e. The van der Waals surface area contributed by atoms with Gasteiger partial charge in [0.25, 0.3) is 0 Å². The zero-order chi connectivity index (χ0) is 53.5. The van der Waals surface area contributed by atoms with Crippen LogP contribution >= 0.6 is 0 Å². The predicted octanol–water partition coefficient (Wildman–Crippen LogP) is -3.01. The molecule has 0 aromatic carbocycles. The van der Waals surface area contributed by atoms with E-state index in [0.717, 1.165) is 32.1 Å². The molecule has 0 amide bonds. The van der Waals surface area contributed by atoms with Crippen molar-refractivity contribution in [2.45, 2.75) is 233 Å². The van der Waals surface area contributed by atoms with Crippen LogP contribution in [0.2, 0.25) is 0 Å². The molecular formula is C51H84O23. The monoisotopic (exact) mass is 1060 g/mol. The zero-order valence-corrected chi connectivity index (χ0v) is 42.9. The van der Waals surface area contributed by atoms with E-state index < -0.39 is 155 Å². The van der Waals surface area contributed by atoms with E-state index in [1.807, 2.05) is 6.92 Å². The summed E-state index contributed by atoms with van der Waals surface area (Å²) in [5.41, 5.74) is 0.989. The highest BCUT2D eigenvalue weighted by Gasteiger charge is 2.68. The van der Waals surface area contributed by atoms with Crippen LogP contribution < -0.4 is 0 Å². The van der Waals surface area contributed by atoms with Crippen molar-refractivity contribution in [1.29, 1.82) is 0 Å². The van der Waals surface area contributed by atoms with Crippen molar-refractivity contribution in [3.63, 3.8) is 0 Å². The van der Waals surface area contributed by atoms with E-state index in [1.54, 1.807) is 0 Å². The molecule has 74 heavy (non-hydrogen) atoms. The maximum absolute atomic E-state index is 12.1. The SMILES string of the molecule is C[C@H](CC[C@]1(O)O[C@H]2C[C@H]3[C@@H]4CC=C5C[C@@H](O[C@@H]6O[C@H](CO)[C@@H](O)[C@H](O[C@@H]7O[C@H](CO)[C@@H](O)[C@H](O)[C@H]7O)[C@H]6O[C@@H]6O[C@@H](C)[C@H](O)[C@@H](O)[C@H]6O)CC[C@@]5(C)[C@H]4CC[C@@]3(C)[C@H]2[C@@H]1C)CO[C@@H]1O[C@H](CO)[C@@H](O)[C@H](O)[C@H]1O. The van der Waals surface area contributed by atoms with E-state index in [2.05, 4.69) is 26.8 Å². The minimum Gasteiger partial charge on any atom is -0.394 e. The highest BCUT2D eigenvalue weighted by molar-refractivity contribution is 5.26. The van der Waals surface area contributed by atoms with Gasteiger partial charge in [0.1, 0.15) is 91.6 Å². The molecule has 5 aliphatic heterocycles. The summed E-state index contributed by atoms with van der Waals surface area (Å²) in [6.07, 6.45) is -22.5. The van der Waals surface area contributed by atoms with E-state index >= 15 is 0 Å². The Morgan fingerprint density at radius 2 is 1.20 bits per heavy atom. The lowest BCUT2D eigenvalue weighted by molar-refractivity contribution is -0.394. The van der Waals surface area contributed by atoms with E-state index in [-0.39, 0.29) is 41.3 Å². The molecule has 23 nitrogen and oxygen atoms in total.